The van der Waals surface area contributed by atoms with Gasteiger partial charge in [0.15, 0.2) is 0 Å². The van der Waals surface area contributed by atoms with Crippen molar-refractivity contribution in [2.45, 2.75) is 33.7 Å². The van der Waals surface area contributed by atoms with Gasteiger partial charge in [-0.15, -0.1) is 0 Å². The zero-order valence-corrected chi connectivity index (χ0v) is 10.5. The molecule has 0 aromatic heterocycles. The minimum absolute atomic E-state index is 0.289. The molecule has 0 heterocycles. The molecule has 1 aromatic carbocycles. The lowest BCUT2D eigenvalue weighted by atomic mass is 10.1. The molecule has 1 aromatic rings. The van der Waals surface area contributed by atoms with Crippen LogP contribution < -0.4 is 10.1 Å². The number of likely N-dealkylation sites (N-methyl/N-ethyl adjacent to an activating group) is 1. The Morgan fingerprint density at radius 2 is 2.06 bits per heavy atom. The third-order valence-electron chi connectivity index (χ3n) is 2.60. The van der Waals surface area contributed by atoms with Crippen molar-refractivity contribution in [2.24, 2.45) is 0 Å². The third kappa shape index (κ3) is 3.14. The predicted octanol–water partition coefficient (Wildman–Crippen LogP) is 2.39. The SMILES string of the molecule is CCN[C@H](C)COc1c(C)ccc(O)c1C. The minimum Gasteiger partial charge on any atom is -0.508 e. The van der Waals surface area contributed by atoms with Gasteiger partial charge in [-0.3, -0.25) is 0 Å². The van der Waals surface area contributed by atoms with Crippen LogP contribution >= 0.6 is 0 Å². The van der Waals surface area contributed by atoms with E-state index >= 15 is 0 Å². The van der Waals surface area contributed by atoms with Crippen LogP contribution in [0.3, 0.4) is 0 Å². The summed E-state index contributed by atoms with van der Waals surface area (Å²) in [6.45, 7) is 9.55. The van der Waals surface area contributed by atoms with Gasteiger partial charge < -0.3 is 15.2 Å². The van der Waals surface area contributed by atoms with Crippen LogP contribution in [0.5, 0.6) is 11.5 Å². The Hall–Kier alpha value is -1.22. The summed E-state index contributed by atoms with van der Waals surface area (Å²) in [5, 5.41) is 12.9. The van der Waals surface area contributed by atoms with Gasteiger partial charge in [-0.05, 0) is 38.9 Å². The zero-order valence-electron chi connectivity index (χ0n) is 10.5. The Morgan fingerprint density at radius 3 is 2.69 bits per heavy atom. The first-order valence-corrected chi connectivity index (χ1v) is 5.71. The summed E-state index contributed by atoms with van der Waals surface area (Å²) in [6.07, 6.45) is 0. The highest BCUT2D eigenvalue weighted by Gasteiger charge is 2.09. The van der Waals surface area contributed by atoms with Crippen LogP contribution in [0.2, 0.25) is 0 Å². The Morgan fingerprint density at radius 1 is 1.38 bits per heavy atom. The molecule has 1 rings (SSSR count). The van der Waals surface area contributed by atoms with E-state index in [0.29, 0.717) is 12.6 Å². The number of hydrogen-bond donors (Lipinski definition) is 2. The van der Waals surface area contributed by atoms with Crippen LogP contribution in [0.4, 0.5) is 0 Å². The van der Waals surface area contributed by atoms with E-state index in [4.69, 9.17) is 4.74 Å². The Bertz CT molecular complexity index is 350. The lowest BCUT2D eigenvalue weighted by Crippen LogP contribution is -2.31. The molecule has 0 saturated carbocycles. The number of rotatable bonds is 5. The highest BCUT2D eigenvalue weighted by atomic mass is 16.5. The van der Waals surface area contributed by atoms with E-state index in [1.807, 2.05) is 19.9 Å². The second kappa shape index (κ2) is 5.75. The highest BCUT2D eigenvalue weighted by molar-refractivity contribution is 5.47. The lowest BCUT2D eigenvalue weighted by Gasteiger charge is -2.17. The maximum Gasteiger partial charge on any atom is 0.128 e. The molecule has 0 aliphatic carbocycles. The highest BCUT2D eigenvalue weighted by Crippen LogP contribution is 2.30. The number of aromatic hydroxyl groups is 1. The number of ether oxygens (including phenoxy) is 1. The number of aryl methyl sites for hydroxylation is 1. The van der Waals surface area contributed by atoms with E-state index in [2.05, 4.69) is 19.2 Å². The van der Waals surface area contributed by atoms with Gasteiger partial charge in [0.1, 0.15) is 18.1 Å². The van der Waals surface area contributed by atoms with Crippen molar-refractivity contribution in [1.82, 2.24) is 5.32 Å². The van der Waals surface area contributed by atoms with Gasteiger partial charge in [0.05, 0.1) is 0 Å². The Labute approximate surface area is 97.4 Å². The summed E-state index contributed by atoms with van der Waals surface area (Å²) in [4.78, 5) is 0. The fraction of sp³-hybridized carbons (Fsp3) is 0.538. The minimum atomic E-state index is 0.289. The molecule has 0 saturated heterocycles. The largest absolute Gasteiger partial charge is 0.508 e. The molecule has 0 unspecified atom stereocenters. The summed E-state index contributed by atoms with van der Waals surface area (Å²) in [5.41, 5.74) is 1.86. The van der Waals surface area contributed by atoms with Crippen molar-refractivity contribution < 1.29 is 9.84 Å². The maximum absolute atomic E-state index is 9.60. The average Bonchev–Trinajstić information content (AvgIpc) is 2.24. The monoisotopic (exact) mass is 223 g/mol. The van der Waals surface area contributed by atoms with Crippen molar-refractivity contribution in [3.05, 3.63) is 23.3 Å². The second-order valence-corrected chi connectivity index (χ2v) is 4.13. The van der Waals surface area contributed by atoms with Gasteiger partial charge in [-0.1, -0.05) is 13.0 Å². The van der Waals surface area contributed by atoms with Crippen molar-refractivity contribution in [3.63, 3.8) is 0 Å². The molecular formula is C13H21NO2. The molecule has 0 aliphatic rings. The average molecular weight is 223 g/mol. The molecule has 90 valence electrons. The summed E-state index contributed by atoms with van der Waals surface area (Å²) >= 11 is 0. The van der Waals surface area contributed by atoms with E-state index in [1.165, 1.54) is 0 Å². The van der Waals surface area contributed by atoms with Gasteiger partial charge >= 0.3 is 0 Å². The van der Waals surface area contributed by atoms with Gasteiger partial charge in [0.2, 0.25) is 0 Å². The van der Waals surface area contributed by atoms with Crippen LogP contribution in [0.15, 0.2) is 12.1 Å². The van der Waals surface area contributed by atoms with Gasteiger partial charge in [0, 0.05) is 11.6 Å². The second-order valence-electron chi connectivity index (χ2n) is 4.13. The van der Waals surface area contributed by atoms with Crippen LogP contribution in [-0.4, -0.2) is 24.3 Å². The molecule has 2 N–H and O–H groups in total. The standard InChI is InChI=1S/C13H21NO2/c1-5-14-10(3)8-16-13-9(2)6-7-12(15)11(13)4/h6-7,10,14-15H,5,8H2,1-4H3/t10-/m1/s1. The molecule has 3 heteroatoms. The number of phenols is 1. The van der Waals surface area contributed by atoms with Crippen molar-refractivity contribution in [3.8, 4) is 11.5 Å². The molecule has 0 spiro atoms. The first-order valence-electron chi connectivity index (χ1n) is 5.71. The Kier molecular flexibility index (Phi) is 4.62. The molecule has 0 fully saturated rings. The molecule has 16 heavy (non-hydrogen) atoms. The number of benzene rings is 1. The first kappa shape index (κ1) is 12.8. The lowest BCUT2D eigenvalue weighted by molar-refractivity contribution is 0.270. The summed E-state index contributed by atoms with van der Waals surface area (Å²) in [6, 6.07) is 3.88. The number of phenolic OH excluding ortho intramolecular Hbond substituents is 1. The smallest absolute Gasteiger partial charge is 0.128 e. The topological polar surface area (TPSA) is 41.5 Å². The van der Waals surface area contributed by atoms with Gasteiger partial charge in [0.25, 0.3) is 0 Å². The van der Waals surface area contributed by atoms with E-state index in [9.17, 15) is 5.11 Å². The molecule has 0 aliphatic heterocycles. The quantitative estimate of drug-likeness (QED) is 0.805. The van der Waals surface area contributed by atoms with Crippen LogP contribution in [-0.2, 0) is 0 Å². The fourth-order valence-electron chi connectivity index (χ4n) is 1.65. The fourth-order valence-corrected chi connectivity index (χ4v) is 1.65. The summed E-state index contributed by atoms with van der Waals surface area (Å²) < 4.78 is 5.74. The van der Waals surface area contributed by atoms with E-state index in [1.54, 1.807) is 6.07 Å². The van der Waals surface area contributed by atoms with Gasteiger partial charge in [-0.25, -0.2) is 0 Å². The van der Waals surface area contributed by atoms with E-state index in [-0.39, 0.29) is 5.75 Å². The van der Waals surface area contributed by atoms with Crippen LogP contribution in [0.25, 0.3) is 0 Å². The third-order valence-corrected chi connectivity index (χ3v) is 2.60. The van der Waals surface area contributed by atoms with Crippen LogP contribution in [0, 0.1) is 13.8 Å². The van der Waals surface area contributed by atoms with Crippen molar-refractivity contribution in [2.75, 3.05) is 13.2 Å². The molecule has 0 radical (unpaired) electrons. The normalized spacial score (nSPS) is 12.5. The van der Waals surface area contributed by atoms with Crippen LogP contribution in [0.1, 0.15) is 25.0 Å². The van der Waals surface area contributed by atoms with Gasteiger partial charge in [-0.2, -0.15) is 0 Å². The molecule has 1 atom stereocenters. The Balaban J connectivity index is 2.70. The maximum atomic E-state index is 9.60. The zero-order chi connectivity index (χ0) is 12.1. The summed E-state index contributed by atoms with van der Waals surface area (Å²) in [5.74, 6) is 1.08. The predicted molar refractivity (Wildman–Crippen MR) is 66.2 cm³/mol. The van der Waals surface area contributed by atoms with E-state index in [0.717, 1.165) is 23.4 Å². The number of hydrogen-bond acceptors (Lipinski definition) is 3. The molecule has 0 amide bonds. The first-order chi connectivity index (χ1) is 7.56. The van der Waals surface area contributed by atoms with E-state index < -0.39 is 0 Å². The molecule has 0 bridgehead atoms. The van der Waals surface area contributed by atoms with Crippen molar-refractivity contribution >= 4 is 0 Å². The molecular weight excluding hydrogens is 202 g/mol. The number of nitrogens with one attached hydrogen (secondary N) is 1. The molecule has 3 nitrogen and oxygen atoms in total. The summed E-state index contributed by atoms with van der Waals surface area (Å²) in [7, 11) is 0. The van der Waals surface area contributed by atoms with Crippen molar-refractivity contribution in [1.29, 1.82) is 0 Å².